The van der Waals surface area contributed by atoms with Gasteiger partial charge in [-0.15, -0.1) is 10.2 Å². The minimum atomic E-state index is 0.312. The Morgan fingerprint density at radius 1 is 1.28 bits per heavy atom. The highest BCUT2D eigenvalue weighted by Crippen LogP contribution is 2.21. The topological polar surface area (TPSA) is 66.0 Å². The monoisotopic (exact) mass is 246 g/mol. The van der Waals surface area contributed by atoms with Gasteiger partial charge in [0.1, 0.15) is 18.2 Å². The molecule has 0 bridgehead atoms. The van der Waals surface area contributed by atoms with Crippen LogP contribution in [0.5, 0.6) is 5.75 Å². The van der Waals surface area contributed by atoms with Crippen molar-refractivity contribution in [3.8, 4) is 5.75 Å². The maximum atomic E-state index is 5.82. The summed E-state index contributed by atoms with van der Waals surface area (Å²) in [5, 5.41) is 8.20. The van der Waals surface area contributed by atoms with Crippen LogP contribution < -0.4 is 10.5 Å². The van der Waals surface area contributed by atoms with Crippen molar-refractivity contribution < 1.29 is 4.74 Å². The number of nitrogen functional groups attached to an aromatic ring is 1. The Hall–Kier alpha value is -2.04. The Morgan fingerprint density at radius 2 is 2.00 bits per heavy atom. The van der Waals surface area contributed by atoms with Gasteiger partial charge >= 0.3 is 0 Å². The minimum absolute atomic E-state index is 0.312. The summed E-state index contributed by atoms with van der Waals surface area (Å²) in [6, 6.07) is 7.74. The van der Waals surface area contributed by atoms with Crippen LogP contribution in [0.15, 0.2) is 24.3 Å². The van der Waals surface area contributed by atoms with Gasteiger partial charge in [0.25, 0.3) is 0 Å². The molecule has 2 N–H and O–H groups in total. The number of benzene rings is 1. The molecule has 0 unspecified atom stereocenters. The highest BCUT2D eigenvalue weighted by atomic mass is 16.5. The fourth-order valence-corrected chi connectivity index (χ4v) is 1.94. The average molecular weight is 246 g/mol. The third kappa shape index (κ3) is 2.45. The molecule has 0 saturated carbocycles. The number of hydrogen-bond donors (Lipinski definition) is 1. The molecule has 2 rings (SSSR count). The van der Waals surface area contributed by atoms with E-state index in [0.29, 0.717) is 24.1 Å². The van der Waals surface area contributed by atoms with E-state index in [-0.39, 0.29) is 0 Å². The number of aryl methyl sites for hydroxylation is 1. The van der Waals surface area contributed by atoms with Crippen LogP contribution in [0.25, 0.3) is 0 Å². The molecular weight excluding hydrogens is 228 g/mol. The van der Waals surface area contributed by atoms with E-state index in [4.69, 9.17) is 10.5 Å². The van der Waals surface area contributed by atoms with Crippen molar-refractivity contribution >= 4 is 5.69 Å². The van der Waals surface area contributed by atoms with Crippen molar-refractivity contribution in [2.24, 2.45) is 0 Å². The normalized spacial score (nSPS) is 10.9. The summed E-state index contributed by atoms with van der Waals surface area (Å²) in [7, 11) is 0. The van der Waals surface area contributed by atoms with E-state index in [2.05, 4.69) is 28.6 Å². The van der Waals surface area contributed by atoms with Crippen LogP contribution in [-0.4, -0.2) is 14.8 Å². The van der Waals surface area contributed by atoms with Gasteiger partial charge in [-0.1, -0.05) is 12.1 Å². The molecule has 0 aliphatic rings. The molecule has 18 heavy (non-hydrogen) atoms. The maximum Gasteiger partial charge on any atom is 0.171 e. The first-order valence-corrected chi connectivity index (χ1v) is 5.97. The molecule has 0 radical (unpaired) electrons. The molecule has 1 aromatic heterocycles. The summed E-state index contributed by atoms with van der Waals surface area (Å²) in [4.78, 5) is 0. The molecule has 0 saturated heterocycles. The fraction of sp³-hybridized carbons (Fsp3) is 0.385. The molecule has 96 valence electrons. The number of ether oxygens (including phenoxy) is 1. The van der Waals surface area contributed by atoms with E-state index < -0.39 is 0 Å². The van der Waals surface area contributed by atoms with E-state index in [1.165, 1.54) is 0 Å². The fourth-order valence-electron chi connectivity index (χ4n) is 1.94. The summed E-state index contributed by atoms with van der Waals surface area (Å²) in [6.07, 6.45) is 0. The Bertz CT molecular complexity index is 534. The first-order chi connectivity index (χ1) is 8.59. The third-order valence-electron chi connectivity index (χ3n) is 2.73. The highest BCUT2D eigenvalue weighted by molar-refractivity contribution is 5.51. The lowest BCUT2D eigenvalue weighted by Gasteiger charge is -2.13. The van der Waals surface area contributed by atoms with Crippen LogP contribution in [0.3, 0.4) is 0 Å². The second kappa shape index (κ2) is 5.08. The number of nitrogens with zero attached hydrogens (tertiary/aromatic N) is 3. The molecule has 0 aliphatic carbocycles. The molecule has 1 heterocycles. The van der Waals surface area contributed by atoms with Crippen molar-refractivity contribution in [3.05, 3.63) is 35.9 Å². The number of anilines is 1. The predicted molar refractivity (Wildman–Crippen MR) is 70.3 cm³/mol. The molecule has 0 atom stereocenters. The predicted octanol–water partition coefficient (Wildman–Crippen LogP) is 2.33. The van der Waals surface area contributed by atoms with Gasteiger partial charge < -0.3 is 15.0 Å². The van der Waals surface area contributed by atoms with Gasteiger partial charge in [-0.05, 0) is 32.9 Å². The number of rotatable bonds is 4. The number of hydrogen-bond acceptors (Lipinski definition) is 4. The smallest absolute Gasteiger partial charge is 0.171 e. The van der Waals surface area contributed by atoms with Gasteiger partial charge in [0.15, 0.2) is 5.82 Å². The molecule has 0 amide bonds. The summed E-state index contributed by atoms with van der Waals surface area (Å²) in [5.74, 6) is 2.38. The van der Waals surface area contributed by atoms with Crippen molar-refractivity contribution in [1.82, 2.24) is 14.8 Å². The van der Waals surface area contributed by atoms with E-state index in [1.54, 1.807) is 0 Å². The molecule has 0 fully saturated rings. The largest absolute Gasteiger partial charge is 0.483 e. The van der Waals surface area contributed by atoms with Crippen molar-refractivity contribution in [2.75, 3.05) is 5.73 Å². The Balaban J connectivity index is 2.14. The van der Waals surface area contributed by atoms with Crippen molar-refractivity contribution in [1.29, 1.82) is 0 Å². The molecule has 5 heteroatoms. The van der Waals surface area contributed by atoms with Gasteiger partial charge in [-0.2, -0.15) is 0 Å². The molecule has 5 nitrogen and oxygen atoms in total. The zero-order valence-electron chi connectivity index (χ0n) is 10.9. The number of nitrogens with two attached hydrogens (primary N) is 1. The van der Waals surface area contributed by atoms with E-state index in [9.17, 15) is 0 Å². The first kappa shape index (κ1) is 12.4. The van der Waals surface area contributed by atoms with Crippen molar-refractivity contribution in [2.45, 2.75) is 33.4 Å². The lowest BCUT2D eigenvalue weighted by atomic mass is 10.3. The molecule has 2 aromatic rings. The van der Waals surface area contributed by atoms with E-state index in [1.807, 2.05) is 31.2 Å². The molecule has 0 aliphatic heterocycles. The first-order valence-electron chi connectivity index (χ1n) is 5.97. The Morgan fingerprint density at radius 3 is 2.67 bits per heavy atom. The standard InChI is InChI=1S/C13H18N4O/c1-9(2)17-10(3)15-16-13(17)8-18-12-7-5-4-6-11(12)14/h4-7,9H,8,14H2,1-3H3. The van der Waals surface area contributed by atoms with Gasteiger partial charge in [0.05, 0.1) is 5.69 Å². The van der Waals surface area contributed by atoms with E-state index >= 15 is 0 Å². The summed E-state index contributed by atoms with van der Waals surface area (Å²) in [6.45, 7) is 6.49. The summed E-state index contributed by atoms with van der Waals surface area (Å²) in [5.41, 5.74) is 6.45. The van der Waals surface area contributed by atoms with Crippen LogP contribution in [0, 0.1) is 6.92 Å². The zero-order chi connectivity index (χ0) is 13.1. The van der Waals surface area contributed by atoms with Gasteiger partial charge in [0, 0.05) is 6.04 Å². The lowest BCUT2D eigenvalue weighted by Crippen LogP contribution is -2.11. The second-order valence-corrected chi connectivity index (χ2v) is 4.45. The molecular formula is C13H18N4O. The van der Waals surface area contributed by atoms with Crippen molar-refractivity contribution in [3.63, 3.8) is 0 Å². The van der Waals surface area contributed by atoms with Crippen LogP contribution in [0.2, 0.25) is 0 Å². The van der Waals surface area contributed by atoms with Crippen LogP contribution >= 0.6 is 0 Å². The van der Waals surface area contributed by atoms with E-state index in [0.717, 1.165) is 11.6 Å². The van der Waals surface area contributed by atoms with Crippen LogP contribution in [0.4, 0.5) is 5.69 Å². The SMILES string of the molecule is Cc1nnc(COc2ccccc2N)n1C(C)C. The number of aromatic nitrogens is 3. The van der Waals surface area contributed by atoms with Crippen LogP contribution in [0.1, 0.15) is 31.5 Å². The second-order valence-electron chi connectivity index (χ2n) is 4.45. The van der Waals surface area contributed by atoms with Gasteiger partial charge in [0.2, 0.25) is 0 Å². The molecule has 1 aromatic carbocycles. The lowest BCUT2D eigenvalue weighted by molar-refractivity contribution is 0.287. The average Bonchev–Trinajstić information content (AvgIpc) is 2.69. The minimum Gasteiger partial charge on any atom is -0.483 e. The zero-order valence-corrected chi connectivity index (χ0v) is 10.9. The number of para-hydroxylation sites is 2. The summed E-state index contributed by atoms with van der Waals surface area (Å²) >= 11 is 0. The quantitative estimate of drug-likeness (QED) is 0.841. The highest BCUT2D eigenvalue weighted by Gasteiger charge is 2.12. The van der Waals surface area contributed by atoms with Gasteiger partial charge in [-0.25, -0.2) is 0 Å². The summed E-state index contributed by atoms with van der Waals surface area (Å²) < 4.78 is 7.73. The Kier molecular flexibility index (Phi) is 3.50. The maximum absolute atomic E-state index is 5.82. The third-order valence-corrected chi connectivity index (χ3v) is 2.73. The molecule has 0 spiro atoms. The van der Waals surface area contributed by atoms with Crippen LogP contribution in [-0.2, 0) is 6.61 Å². The Labute approximate surface area is 107 Å². The van der Waals surface area contributed by atoms with Gasteiger partial charge in [-0.3, -0.25) is 0 Å².